The number of nitrogens with zero attached hydrogens (tertiary/aromatic N) is 2. The zero-order valence-electron chi connectivity index (χ0n) is 15.6. The summed E-state index contributed by atoms with van der Waals surface area (Å²) < 4.78 is 7.16. The number of hydrogen-bond acceptors (Lipinski definition) is 5. The van der Waals surface area contributed by atoms with Gasteiger partial charge in [-0.3, -0.25) is 9.59 Å². The Labute approximate surface area is 168 Å². The monoisotopic (exact) mass is 400 g/mol. The first-order chi connectivity index (χ1) is 13.7. The van der Waals surface area contributed by atoms with Crippen LogP contribution < -0.4 is 10.6 Å². The Morgan fingerprint density at radius 2 is 2.07 bits per heavy atom. The molecule has 1 fully saturated rings. The maximum Gasteiger partial charge on any atom is 0.241 e. The van der Waals surface area contributed by atoms with Crippen molar-refractivity contribution in [1.82, 2.24) is 15.1 Å². The first-order valence-corrected chi connectivity index (χ1v) is 10.7. The van der Waals surface area contributed by atoms with Crippen LogP contribution in [0.4, 0.5) is 5.82 Å². The molecule has 1 aromatic heterocycles. The fraction of sp³-hybridized carbons (Fsp3) is 0.450. The van der Waals surface area contributed by atoms with Crippen molar-refractivity contribution in [3.05, 3.63) is 47.2 Å². The van der Waals surface area contributed by atoms with E-state index in [1.54, 1.807) is 16.4 Å². The predicted octanol–water partition coefficient (Wildman–Crippen LogP) is 2.11. The molecule has 28 heavy (non-hydrogen) atoms. The Morgan fingerprint density at radius 3 is 2.86 bits per heavy atom. The van der Waals surface area contributed by atoms with Crippen LogP contribution in [0, 0.1) is 0 Å². The quantitative estimate of drug-likeness (QED) is 0.744. The number of carbonyl (C=O) groups excluding carboxylic acids is 2. The normalized spacial score (nSPS) is 18.1. The third kappa shape index (κ3) is 4.56. The lowest BCUT2D eigenvalue weighted by Crippen LogP contribution is -2.34. The molecule has 7 nitrogen and oxygen atoms in total. The first kappa shape index (κ1) is 19.0. The maximum absolute atomic E-state index is 12.5. The number of thioether (sulfide) groups is 1. The number of benzene rings is 1. The van der Waals surface area contributed by atoms with E-state index in [1.807, 2.05) is 30.3 Å². The Kier molecular flexibility index (Phi) is 5.97. The van der Waals surface area contributed by atoms with E-state index in [4.69, 9.17) is 4.74 Å². The van der Waals surface area contributed by atoms with E-state index in [0.29, 0.717) is 18.8 Å². The Morgan fingerprint density at radius 1 is 1.21 bits per heavy atom. The van der Waals surface area contributed by atoms with E-state index in [9.17, 15) is 9.59 Å². The number of fused-ring (bicyclic) bond motifs is 1. The van der Waals surface area contributed by atoms with Crippen LogP contribution in [0.1, 0.15) is 29.7 Å². The molecule has 1 unspecified atom stereocenters. The minimum atomic E-state index is -0.122. The van der Waals surface area contributed by atoms with Crippen molar-refractivity contribution in [2.75, 3.05) is 18.5 Å². The van der Waals surface area contributed by atoms with Gasteiger partial charge in [-0.25, -0.2) is 4.68 Å². The summed E-state index contributed by atoms with van der Waals surface area (Å²) in [7, 11) is 0. The largest absolute Gasteiger partial charge is 0.376 e. The Bertz CT molecular complexity index is 847. The maximum atomic E-state index is 12.5. The second kappa shape index (κ2) is 8.79. The molecule has 0 bridgehead atoms. The van der Waals surface area contributed by atoms with Gasteiger partial charge in [0.25, 0.3) is 0 Å². The first-order valence-electron chi connectivity index (χ1n) is 9.57. The molecule has 0 spiro atoms. The lowest BCUT2D eigenvalue weighted by Gasteiger charge is -2.13. The van der Waals surface area contributed by atoms with Gasteiger partial charge in [-0.1, -0.05) is 30.3 Å². The van der Waals surface area contributed by atoms with Crippen LogP contribution >= 0.6 is 11.8 Å². The minimum Gasteiger partial charge on any atom is -0.376 e. The van der Waals surface area contributed by atoms with E-state index in [-0.39, 0.29) is 24.5 Å². The van der Waals surface area contributed by atoms with E-state index >= 15 is 0 Å². The lowest BCUT2D eigenvalue weighted by molar-refractivity contribution is -0.122. The SMILES string of the molecule is O=C(Cn1nc2c(c1NC(=O)Cc1ccccc1)CSC2)NCC1CCCO1. The second-order valence-corrected chi connectivity index (χ2v) is 8.06. The molecule has 0 aliphatic carbocycles. The van der Waals surface area contributed by atoms with Gasteiger partial charge in [-0.2, -0.15) is 16.9 Å². The summed E-state index contributed by atoms with van der Waals surface area (Å²) in [5, 5.41) is 10.5. The second-order valence-electron chi connectivity index (χ2n) is 7.07. The molecule has 2 amide bonds. The van der Waals surface area contributed by atoms with Crippen LogP contribution in [-0.4, -0.2) is 40.9 Å². The molecule has 2 aromatic rings. The van der Waals surface area contributed by atoms with Gasteiger partial charge in [0.05, 0.1) is 18.2 Å². The molecule has 2 N–H and O–H groups in total. The van der Waals surface area contributed by atoms with Gasteiger partial charge in [0.2, 0.25) is 11.8 Å². The number of rotatable bonds is 7. The minimum absolute atomic E-state index is 0.0886. The topological polar surface area (TPSA) is 85.2 Å². The zero-order chi connectivity index (χ0) is 19.3. The van der Waals surface area contributed by atoms with Crippen LogP contribution in [0.25, 0.3) is 0 Å². The predicted molar refractivity (Wildman–Crippen MR) is 108 cm³/mol. The Hall–Kier alpha value is -2.32. The van der Waals surface area contributed by atoms with Crippen molar-refractivity contribution in [3.63, 3.8) is 0 Å². The highest BCUT2D eigenvalue weighted by atomic mass is 32.2. The van der Waals surface area contributed by atoms with Gasteiger partial charge in [0.15, 0.2) is 0 Å². The molecule has 2 aliphatic rings. The number of aromatic nitrogens is 2. The van der Waals surface area contributed by atoms with Crippen LogP contribution in [0.3, 0.4) is 0 Å². The molecule has 3 heterocycles. The van der Waals surface area contributed by atoms with Crippen LogP contribution in [0.2, 0.25) is 0 Å². The average molecular weight is 401 g/mol. The molecule has 0 radical (unpaired) electrons. The van der Waals surface area contributed by atoms with E-state index in [0.717, 1.165) is 47.8 Å². The fourth-order valence-corrected chi connectivity index (χ4v) is 4.54. The molecular weight excluding hydrogens is 376 g/mol. The van der Waals surface area contributed by atoms with E-state index < -0.39 is 0 Å². The summed E-state index contributed by atoms with van der Waals surface area (Å²) in [4.78, 5) is 24.9. The number of ether oxygens (including phenoxy) is 1. The summed E-state index contributed by atoms with van der Waals surface area (Å²) in [5.74, 6) is 2.03. The van der Waals surface area contributed by atoms with Crippen molar-refractivity contribution in [2.24, 2.45) is 0 Å². The van der Waals surface area contributed by atoms with Crippen LogP contribution in [0.15, 0.2) is 30.3 Å². The molecule has 2 aliphatic heterocycles. The summed E-state index contributed by atoms with van der Waals surface area (Å²) in [6.07, 6.45) is 2.42. The van der Waals surface area contributed by atoms with Gasteiger partial charge in [-0.15, -0.1) is 0 Å². The summed E-state index contributed by atoms with van der Waals surface area (Å²) in [5.41, 5.74) is 2.93. The van der Waals surface area contributed by atoms with E-state index in [1.165, 1.54) is 0 Å². The highest BCUT2D eigenvalue weighted by molar-refractivity contribution is 7.98. The van der Waals surface area contributed by atoms with Gasteiger partial charge in [0, 0.05) is 30.2 Å². The molecular formula is C20H24N4O3S. The fourth-order valence-electron chi connectivity index (χ4n) is 3.50. The van der Waals surface area contributed by atoms with Crippen molar-refractivity contribution in [1.29, 1.82) is 0 Å². The van der Waals surface area contributed by atoms with Crippen LogP contribution in [-0.2, 0) is 38.8 Å². The summed E-state index contributed by atoms with van der Waals surface area (Å²) in [6, 6.07) is 9.61. The summed E-state index contributed by atoms with van der Waals surface area (Å²) in [6.45, 7) is 1.37. The smallest absolute Gasteiger partial charge is 0.241 e. The highest BCUT2D eigenvalue weighted by Gasteiger charge is 2.25. The number of amides is 2. The van der Waals surface area contributed by atoms with Gasteiger partial charge < -0.3 is 15.4 Å². The third-order valence-corrected chi connectivity index (χ3v) is 5.90. The lowest BCUT2D eigenvalue weighted by atomic mass is 10.1. The van der Waals surface area contributed by atoms with E-state index in [2.05, 4.69) is 15.7 Å². The highest BCUT2D eigenvalue weighted by Crippen LogP contribution is 2.34. The molecule has 1 atom stereocenters. The molecule has 0 saturated carbocycles. The molecule has 1 saturated heterocycles. The van der Waals surface area contributed by atoms with Crippen molar-refractivity contribution in [3.8, 4) is 0 Å². The van der Waals surface area contributed by atoms with Crippen LogP contribution in [0.5, 0.6) is 0 Å². The average Bonchev–Trinajstić information content (AvgIpc) is 3.41. The number of carbonyl (C=O) groups is 2. The van der Waals surface area contributed by atoms with Crippen molar-refractivity contribution in [2.45, 2.75) is 43.4 Å². The van der Waals surface area contributed by atoms with Crippen molar-refractivity contribution < 1.29 is 14.3 Å². The number of nitrogens with one attached hydrogen (secondary N) is 2. The summed E-state index contributed by atoms with van der Waals surface area (Å²) >= 11 is 1.77. The molecule has 148 valence electrons. The van der Waals surface area contributed by atoms with Crippen molar-refractivity contribution >= 4 is 29.4 Å². The Balaban J connectivity index is 1.41. The van der Waals surface area contributed by atoms with Gasteiger partial charge in [-0.05, 0) is 18.4 Å². The number of hydrogen-bond donors (Lipinski definition) is 2. The number of anilines is 1. The van der Waals surface area contributed by atoms with Gasteiger partial charge in [0.1, 0.15) is 12.4 Å². The molecule has 1 aromatic carbocycles. The molecule has 4 rings (SSSR count). The molecule has 8 heteroatoms. The zero-order valence-corrected chi connectivity index (χ0v) is 16.5. The van der Waals surface area contributed by atoms with Gasteiger partial charge >= 0.3 is 0 Å². The third-order valence-electron chi connectivity index (χ3n) is 4.93. The standard InChI is InChI=1S/C20H24N4O3S/c25-18(9-14-5-2-1-3-6-14)22-20-16-12-28-13-17(16)23-24(20)11-19(26)21-10-15-7-4-8-27-15/h1-3,5-6,15H,4,7-13H2,(H,21,26)(H,22,25).